The van der Waals surface area contributed by atoms with Gasteiger partial charge in [-0.25, -0.2) is 13.6 Å². The van der Waals surface area contributed by atoms with E-state index in [0.29, 0.717) is 17.3 Å². The maximum Gasteiger partial charge on any atom is 0.238 e. The Morgan fingerprint density at radius 3 is 2.68 bits per heavy atom. The van der Waals surface area contributed by atoms with Crippen LogP contribution in [0.5, 0.6) is 0 Å². The molecule has 0 atom stereocenters. The number of aromatic nitrogens is 2. The van der Waals surface area contributed by atoms with Gasteiger partial charge in [-0.15, -0.1) is 0 Å². The molecule has 0 amide bonds. The van der Waals surface area contributed by atoms with Crippen LogP contribution in [0.25, 0.3) is 11.1 Å². The van der Waals surface area contributed by atoms with E-state index in [1.54, 1.807) is 18.3 Å². The van der Waals surface area contributed by atoms with Crippen molar-refractivity contribution in [1.82, 2.24) is 15.1 Å². The van der Waals surface area contributed by atoms with Gasteiger partial charge in [0.2, 0.25) is 10.0 Å². The quantitative estimate of drug-likeness (QED) is 0.720. The summed E-state index contributed by atoms with van der Waals surface area (Å²) in [6, 6.07) is 5.04. The third-order valence-corrected chi connectivity index (χ3v) is 4.86. The highest BCUT2D eigenvalue weighted by Crippen LogP contribution is 2.29. The normalized spacial score (nSPS) is 16.8. The standard InChI is InChI=1S/C14H19N5O2S/c15-11-1-2-13(14(7-11)22(16,20)21)10-8-18-19(9-10)12-3-5-17-6-4-12/h1-2,7-9,12,17H,3-6,15H2,(H2,16,20,21). The summed E-state index contributed by atoms with van der Waals surface area (Å²) < 4.78 is 25.5. The first-order valence-electron chi connectivity index (χ1n) is 7.13. The third-order valence-electron chi connectivity index (χ3n) is 3.91. The van der Waals surface area contributed by atoms with Crippen LogP contribution in [0.1, 0.15) is 18.9 Å². The van der Waals surface area contributed by atoms with Crippen molar-refractivity contribution in [1.29, 1.82) is 0 Å². The van der Waals surface area contributed by atoms with Crippen LogP contribution in [0.4, 0.5) is 5.69 Å². The van der Waals surface area contributed by atoms with E-state index in [1.807, 2.05) is 10.9 Å². The van der Waals surface area contributed by atoms with Gasteiger partial charge in [-0.2, -0.15) is 5.10 Å². The van der Waals surface area contributed by atoms with Crippen molar-refractivity contribution in [3.8, 4) is 11.1 Å². The van der Waals surface area contributed by atoms with Gasteiger partial charge in [0.15, 0.2) is 0 Å². The third kappa shape index (κ3) is 2.99. The average Bonchev–Trinajstić information content (AvgIpc) is 2.97. The number of hydrogen-bond donors (Lipinski definition) is 3. The number of benzene rings is 1. The van der Waals surface area contributed by atoms with Gasteiger partial charge in [-0.05, 0) is 38.1 Å². The van der Waals surface area contributed by atoms with Crippen LogP contribution in [0.2, 0.25) is 0 Å². The number of sulfonamides is 1. The van der Waals surface area contributed by atoms with Crippen LogP contribution >= 0.6 is 0 Å². The molecule has 118 valence electrons. The lowest BCUT2D eigenvalue weighted by atomic mass is 10.1. The number of hydrogen-bond acceptors (Lipinski definition) is 5. The summed E-state index contributed by atoms with van der Waals surface area (Å²) in [6.45, 7) is 1.92. The molecular weight excluding hydrogens is 302 g/mol. The average molecular weight is 321 g/mol. The van der Waals surface area contributed by atoms with Crippen molar-refractivity contribution in [2.45, 2.75) is 23.8 Å². The highest BCUT2D eigenvalue weighted by molar-refractivity contribution is 7.89. The predicted octanol–water partition coefficient (Wildman–Crippen LogP) is 0.704. The Morgan fingerprint density at radius 2 is 2.00 bits per heavy atom. The Hall–Kier alpha value is -1.90. The highest BCUT2D eigenvalue weighted by Gasteiger charge is 2.19. The van der Waals surface area contributed by atoms with E-state index in [9.17, 15) is 8.42 Å². The summed E-state index contributed by atoms with van der Waals surface area (Å²) in [5, 5.41) is 13.0. The first-order valence-corrected chi connectivity index (χ1v) is 8.67. The monoisotopic (exact) mass is 321 g/mol. The fourth-order valence-corrected chi connectivity index (χ4v) is 3.55. The summed E-state index contributed by atoms with van der Waals surface area (Å²) in [5.41, 5.74) is 7.29. The smallest absolute Gasteiger partial charge is 0.238 e. The maximum atomic E-state index is 11.8. The molecule has 7 nitrogen and oxygen atoms in total. The summed E-state index contributed by atoms with van der Waals surface area (Å²) in [4.78, 5) is 0.0253. The molecular formula is C14H19N5O2S. The van der Waals surface area contributed by atoms with Gasteiger partial charge in [0.1, 0.15) is 0 Å². The summed E-state index contributed by atoms with van der Waals surface area (Å²) in [7, 11) is -3.85. The number of nitrogens with zero attached hydrogens (tertiary/aromatic N) is 2. The molecule has 1 saturated heterocycles. The van der Waals surface area contributed by atoms with E-state index >= 15 is 0 Å². The number of rotatable bonds is 3. The largest absolute Gasteiger partial charge is 0.399 e. The minimum absolute atomic E-state index is 0.0253. The lowest BCUT2D eigenvalue weighted by Gasteiger charge is -2.22. The molecule has 22 heavy (non-hydrogen) atoms. The van der Waals surface area contributed by atoms with E-state index < -0.39 is 10.0 Å². The molecule has 1 aromatic heterocycles. The summed E-state index contributed by atoms with van der Waals surface area (Å²) >= 11 is 0. The van der Waals surface area contributed by atoms with Crippen LogP contribution in [-0.2, 0) is 10.0 Å². The lowest BCUT2D eigenvalue weighted by molar-refractivity contribution is 0.343. The Balaban J connectivity index is 2.00. The number of nitrogens with two attached hydrogens (primary N) is 2. The molecule has 2 heterocycles. The molecule has 3 rings (SSSR count). The second-order valence-electron chi connectivity index (χ2n) is 5.49. The fraction of sp³-hybridized carbons (Fsp3) is 0.357. The number of anilines is 1. The van der Waals surface area contributed by atoms with E-state index in [0.717, 1.165) is 31.5 Å². The zero-order valence-corrected chi connectivity index (χ0v) is 12.9. The van der Waals surface area contributed by atoms with Gasteiger partial charge in [-0.1, -0.05) is 6.07 Å². The van der Waals surface area contributed by atoms with E-state index in [1.165, 1.54) is 6.07 Å². The van der Waals surface area contributed by atoms with Gasteiger partial charge < -0.3 is 11.1 Å². The van der Waals surface area contributed by atoms with E-state index in [4.69, 9.17) is 10.9 Å². The van der Waals surface area contributed by atoms with Crippen molar-refractivity contribution in [3.63, 3.8) is 0 Å². The van der Waals surface area contributed by atoms with Crippen LogP contribution in [0, 0.1) is 0 Å². The molecule has 2 aromatic rings. The first kappa shape index (κ1) is 15.0. The van der Waals surface area contributed by atoms with Gasteiger partial charge in [0, 0.05) is 23.0 Å². The molecule has 1 aromatic carbocycles. The summed E-state index contributed by atoms with van der Waals surface area (Å²) in [5.74, 6) is 0. The second-order valence-corrected chi connectivity index (χ2v) is 7.02. The molecule has 8 heteroatoms. The van der Waals surface area contributed by atoms with Crippen LogP contribution in [0.15, 0.2) is 35.5 Å². The van der Waals surface area contributed by atoms with Gasteiger partial charge >= 0.3 is 0 Å². The zero-order valence-electron chi connectivity index (χ0n) is 12.1. The van der Waals surface area contributed by atoms with Crippen molar-refractivity contribution in [3.05, 3.63) is 30.6 Å². The molecule has 0 radical (unpaired) electrons. The van der Waals surface area contributed by atoms with Crippen LogP contribution in [0.3, 0.4) is 0 Å². The molecule has 0 saturated carbocycles. The first-order chi connectivity index (χ1) is 10.4. The predicted molar refractivity (Wildman–Crippen MR) is 84.6 cm³/mol. The summed E-state index contributed by atoms with van der Waals surface area (Å²) in [6.07, 6.45) is 5.55. The number of primary sulfonamides is 1. The second kappa shape index (κ2) is 5.71. The Labute approximate surface area is 129 Å². The SMILES string of the molecule is Nc1ccc(-c2cnn(C3CCNCC3)c2)c(S(N)(=O)=O)c1. The topological polar surface area (TPSA) is 116 Å². The van der Waals surface area contributed by atoms with E-state index in [2.05, 4.69) is 10.4 Å². The zero-order chi connectivity index (χ0) is 15.7. The number of nitrogen functional groups attached to an aromatic ring is 1. The molecule has 0 bridgehead atoms. The lowest BCUT2D eigenvalue weighted by Crippen LogP contribution is -2.29. The molecule has 1 fully saturated rings. The molecule has 0 unspecified atom stereocenters. The Kier molecular flexibility index (Phi) is 3.90. The fourth-order valence-electron chi connectivity index (χ4n) is 2.76. The molecule has 0 aliphatic carbocycles. The van der Waals surface area contributed by atoms with Crippen LogP contribution in [-0.4, -0.2) is 31.3 Å². The molecule has 1 aliphatic heterocycles. The number of nitrogens with one attached hydrogen (secondary N) is 1. The van der Waals surface area contributed by atoms with Crippen molar-refractivity contribution < 1.29 is 8.42 Å². The van der Waals surface area contributed by atoms with Crippen molar-refractivity contribution in [2.75, 3.05) is 18.8 Å². The maximum absolute atomic E-state index is 11.8. The van der Waals surface area contributed by atoms with Gasteiger partial charge in [0.05, 0.1) is 17.1 Å². The Morgan fingerprint density at radius 1 is 1.27 bits per heavy atom. The van der Waals surface area contributed by atoms with Gasteiger partial charge in [-0.3, -0.25) is 4.68 Å². The number of piperidine rings is 1. The minimum Gasteiger partial charge on any atom is -0.399 e. The van der Waals surface area contributed by atoms with Gasteiger partial charge in [0.25, 0.3) is 0 Å². The van der Waals surface area contributed by atoms with Crippen LogP contribution < -0.4 is 16.2 Å². The molecule has 1 aliphatic rings. The molecule has 0 spiro atoms. The van der Waals surface area contributed by atoms with Crippen molar-refractivity contribution >= 4 is 15.7 Å². The highest BCUT2D eigenvalue weighted by atomic mass is 32.2. The van der Waals surface area contributed by atoms with E-state index in [-0.39, 0.29) is 4.90 Å². The Bertz CT molecular complexity index is 778. The molecule has 5 N–H and O–H groups in total. The minimum atomic E-state index is -3.85. The van der Waals surface area contributed by atoms with Crippen molar-refractivity contribution in [2.24, 2.45) is 5.14 Å².